The third-order valence-corrected chi connectivity index (χ3v) is 12.6. The first-order valence-electron chi connectivity index (χ1n) is 17.5. The SMILES string of the molecule is CCC[C@@H](CC1(C2CCN(CC3CN(c4ccc(S(=O)(=O)c5cnn(C)c5)cc4)C3)CC2)CN(CC)Cc2ccccc21)NC(C)=O.[HH]. The second-order valence-corrected chi connectivity index (χ2v) is 16.1. The van der Waals surface area contributed by atoms with Gasteiger partial charge in [0.2, 0.25) is 15.7 Å². The lowest BCUT2D eigenvalue weighted by Gasteiger charge is -2.52. The molecule has 2 atom stereocenters. The van der Waals surface area contributed by atoms with E-state index in [0.29, 0.717) is 16.7 Å². The Balaban J connectivity index is 0.00000451. The fraction of sp³-hybridized carbons (Fsp3) is 0.568. The second kappa shape index (κ2) is 14.1. The zero-order valence-electron chi connectivity index (χ0n) is 28.6. The third-order valence-electron chi connectivity index (χ3n) is 10.9. The highest BCUT2D eigenvalue weighted by Gasteiger charge is 2.47. The van der Waals surface area contributed by atoms with E-state index in [-0.39, 0.29) is 23.7 Å². The fourth-order valence-corrected chi connectivity index (χ4v) is 9.82. The molecule has 2 fully saturated rings. The fourth-order valence-electron chi connectivity index (χ4n) is 8.58. The van der Waals surface area contributed by atoms with Crippen LogP contribution < -0.4 is 10.2 Å². The predicted molar refractivity (Wildman–Crippen MR) is 188 cm³/mol. The van der Waals surface area contributed by atoms with Crippen molar-refractivity contribution in [2.24, 2.45) is 18.9 Å². The molecular formula is C37H54N6O3S. The van der Waals surface area contributed by atoms with Crippen LogP contribution in [-0.2, 0) is 33.6 Å². The smallest absolute Gasteiger partial charge is 0.217 e. The van der Waals surface area contributed by atoms with E-state index in [1.165, 1.54) is 41.0 Å². The molecule has 3 aliphatic heterocycles. The molecule has 1 unspecified atom stereocenters. The largest absolute Gasteiger partial charge is 0.371 e. The highest BCUT2D eigenvalue weighted by molar-refractivity contribution is 7.91. The van der Waals surface area contributed by atoms with Crippen molar-refractivity contribution in [1.82, 2.24) is 24.9 Å². The molecule has 0 aliphatic carbocycles. The van der Waals surface area contributed by atoms with Gasteiger partial charge in [-0.05, 0) is 86.6 Å². The van der Waals surface area contributed by atoms with Gasteiger partial charge in [-0.2, -0.15) is 5.10 Å². The van der Waals surface area contributed by atoms with Crippen LogP contribution in [0.5, 0.6) is 0 Å². The first kappa shape index (κ1) is 33.7. The summed E-state index contributed by atoms with van der Waals surface area (Å²) >= 11 is 0. The van der Waals surface area contributed by atoms with Crippen LogP contribution in [0.3, 0.4) is 0 Å². The van der Waals surface area contributed by atoms with Crippen LogP contribution in [0, 0.1) is 11.8 Å². The quantitative estimate of drug-likeness (QED) is 0.288. The van der Waals surface area contributed by atoms with Gasteiger partial charge in [0.25, 0.3) is 0 Å². The summed E-state index contributed by atoms with van der Waals surface area (Å²) in [6, 6.07) is 16.6. The van der Waals surface area contributed by atoms with E-state index in [2.05, 4.69) is 63.2 Å². The second-order valence-electron chi connectivity index (χ2n) is 14.2. The highest BCUT2D eigenvalue weighted by atomic mass is 32.2. The number of hydrogen-bond acceptors (Lipinski definition) is 7. The van der Waals surface area contributed by atoms with Crippen LogP contribution in [0.15, 0.2) is 70.7 Å². The number of likely N-dealkylation sites (tertiary alicyclic amines) is 1. The zero-order chi connectivity index (χ0) is 33.2. The molecule has 4 heterocycles. The molecule has 47 heavy (non-hydrogen) atoms. The van der Waals surface area contributed by atoms with Crippen LogP contribution in [0.1, 0.15) is 65.4 Å². The number of nitrogens with zero attached hydrogens (tertiary/aromatic N) is 5. The molecule has 256 valence electrons. The van der Waals surface area contributed by atoms with E-state index in [4.69, 9.17) is 0 Å². The van der Waals surface area contributed by atoms with E-state index >= 15 is 0 Å². The van der Waals surface area contributed by atoms with Gasteiger partial charge in [-0.25, -0.2) is 8.42 Å². The molecule has 9 nitrogen and oxygen atoms in total. The number of fused-ring (bicyclic) bond motifs is 1. The van der Waals surface area contributed by atoms with E-state index in [0.717, 1.165) is 77.3 Å². The van der Waals surface area contributed by atoms with Crippen LogP contribution in [0.2, 0.25) is 0 Å². The van der Waals surface area contributed by atoms with E-state index in [9.17, 15) is 13.2 Å². The Kier molecular flexibility index (Phi) is 10.1. The van der Waals surface area contributed by atoms with Crippen LogP contribution in [0.25, 0.3) is 0 Å². The van der Waals surface area contributed by atoms with E-state index < -0.39 is 9.84 Å². The molecule has 3 aliphatic rings. The third kappa shape index (κ3) is 7.15. The summed E-state index contributed by atoms with van der Waals surface area (Å²) < 4.78 is 27.4. The lowest BCUT2D eigenvalue weighted by atomic mass is 9.60. The van der Waals surface area contributed by atoms with Gasteiger partial charge >= 0.3 is 0 Å². The Morgan fingerprint density at radius 3 is 2.40 bits per heavy atom. The summed E-state index contributed by atoms with van der Waals surface area (Å²) in [6.45, 7) is 14.6. The van der Waals surface area contributed by atoms with Gasteiger partial charge in [0, 0.05) is 77.4 Å². The lowest BCUT2D eigenvalue weighted by Crippen LogP contribution is -2.56. The number of hydrogen-bond donors (Lipinski definition) is 1. The molecule has 0 radical (unpaired) electrons. The Labute approximate surface area is 282 Å². The number of anilines is 1. The minimum absolute atomic E-state index is 0. The number of sulfone groups is 1. The van der Waals surface area contributed by atoms with Gasteiger partial charge in [-0.3, -0.25) is 14.4 Å². The maximum atomic E-state index is 13.0. The number of aryl methyl sites for hydroxylation is 1. The van der Waals surface area contributed by atoms with Crippen molar-refractivity contribution in [3.8, 4) is 0 Å². The Bertz CT molecular complexity index is 1630. The van der Waals surface area contributed by atoms with Crippen LogP contribution in [-0.4, -0.2) is 85.8 Å². The number of piperidine rings is 1. The highest BCUT2D eigenvalue weighted by Crippen LogP contribution is 2.47. The molecule has 1 aromatic heterocycles. The molecule has 2 saturated heterocycles. The number of likely N-dealkylation sites (N-methyl/N-ethyl adjacent to an activating group) is 1. The molecule has 0 bridgehead atoms. The topological polar surface area (TPSA) is 90.8 Å². The molecule has 1 N–H and O–H groups in total. The lowest BCUT2D eigenvalue weighted by molar-refractivity contribution is -0.120. The molecule has 6 rings (SSSR count). The molecule has 0 spiro atoms. The number of benzene rings is 2. The van der Waals surface area contributed by atoms with Crippen molar-refractivity contribution in [3.63, 3.8) is 0 Å². The molecule has 2 aromatic carbocycles. The summed E-state index contributed by atoms with van der Waals surface area (Å²) in [5, 5.41) is 7.35. The first-order valence-corrected chi connectivity index (χ1v) is 19.0. The van der Waals surface area contributed by atoms with Crippen molar-refractivity contribution < 1.29 is 14.6 Å². The minimum atomic E-state index is -3.56. The summed E-state index contributed by atoms with van der Waals surface area (Å²) in [6.07, 6.45) is 8.35. The van der Waals surface area contributed by atoms with Crippen molar-refractivity contribution >= 4 is 21.4 Å². The monoisotopic (exact) mass is 662 g/mol. The number of nitrogens with one attached hydrogen (secondary N) is 1. The summed E-state index contributed by atoms with van der Waals surface area (Å²) in [5.74, 6) is 1.26. The average molecular weight is 663 g/mol. The maximum absolute atomic E-state index is 13.0. The number of rotatable bonds is 12. The van der Waals surface area contributed by atoms with Gasteiger partial charge in [-0.1, -0.05) is 44.5 Å². The van der Waals surface area contributed by atoms with Crippen LogP contribution >= 0.6 is 0 Å². The maximum Gasteiger partial charge on any atom is 0.217 e. The Hall–Kier alpha value is -3.21. The number of aromatic nitrogens is 2. The molecule has 10 heteroatoms. The summed E-state index contributed by atoms with van der Waals surface area (Å²) in [5.41, 5.74) is 4.08. The molecule has 1 amide bonds. The zero-order valence-corrected chi connectivity index (χ0v) is 29.4. The van der Waals surface area contributed by atoms with E-state index in [1.54, 1.807) is 26.1 Å². The van der Waals surface area contributed by atoms with Crippen molar-refractivity contribution in [2.75, 3.05) is 50.7 Å². The predicted octanol–water partition coefficient (Wildman–Crippen LogP) is 5.12. The van der Waals surface area contributed by atoms with Gasteiger partial charge in [0.05, 0.1) is 11.1 Å². The van der Waals surface area contributed by atoms with Crippen molar-refractivity contribution in [3.05, 3.63) is 72.1 Å². The molecule has 3 aromatic rings. The first-order chi connectivity index (χ1) is 22.6. The van der Waals surface area contributed by atoms with Gasteiger partial charge in [-0.15, -0.1) is 0 Å². The van der Waals surface area contributed by atoms with Gasteiger partial charge in [0.1, 0.15) is 4.90 Å². The molecular weight excluding hydrogens is 609 g/mol. The summed E-state index contributed by atoms with van der Waals surface area (Å²) in [4.78, 5) is 20.4. The Morgan fingerprint density at radius 2 is 1.77 bits per heavy atom. The standard InChI is InChI=1S/C37H52N6O3S.H2/c1-5-9-32(39-28(3)44)20-37(27-41(6-2)25-30-10-7-8-11-36(30)37)31-16-18-42(19-17-31)22-29-23-43(24-29)33-12-14-34(15-13-33)47(45,46)35-21-38-40(4)26-35;/h7-8,10-15,21,26,29,31-32H,5-6,9,16-20,22-25,27H2,1-4H3,(H,39,44);1H/t32-,37?;/m0./s1. The Morgan fingerprint density at radius 1 is 1.04 bits per heavy atom. The van der Waals surface area contributed by atoms with Crippen molar-refractivity contribution in [1.29, 1.82) is 0 Å². The van der Waals surface area contributed by atoms with E-state index in [1.807, 2.05) is 12.1 Å². The summed E-state index contributed by atoms with van der Waals surface area (Å²) in [7, 11) is -1.84. The number of carbonyl (C=O) groups is 1. The number of amides is 1. The van der Waals surface area contributed by atoms with Crippen LogP contribution in [0.4, 0.5) is 5.69 Å². The molecule has 0 saturated carbocycles. The average Bonchev–Trinajstić information content (AvgIpc) is 3.49. The van der Waals surface area contributed by atoms with Crippen molar-refractivity contribution in [2.45, 2.75) is 80.7 Å². The van der Waals surface area contributed by atoms with Gasteiger partial charge < -0.3 is 15.1 Å². The van der Waals surface area contributed by atoms with Gasteiger partial charge in [0.15, 0.2) is 0 Å². The minimum Gasteiger partial charge on any atom is -0.371 e. The number of carbonyl (C=O) groups excluding carboxylic acids is 1. The normalized spacial score (nSPS) is 22.1.